The second-order valence-electron chi connectivity index (χ2n) is 7.02. The van der Waals surface area contributed by atoms with E-state index in [9.17, 15) is 9.59 Å². The van der Waals surface area contributed by atoms with Crippen molar-refractivity contribution in [2.75, 3.05) is 26.2 Å². The van der Waals surface area contributed by atoms with Crippen LogP contribution in [0.5, 0.6) is 0 Å². The molecular formula is C16H25N5O2. The van der Waals surface area contributed by atoms with Crippen LogP contribution in [0.25, 0.3) is 0 Å². The summed E-state index contributed by atoms with van der Waals surface area (Å²) in [5.74, 6) is 0.374. The van der Waals surface area contributed by atoms with Crippen molar-refractivity contribution in [1.82, 2.24) is 25.3 Å². The van der Waals surface area contributed by atoms with E-state index in [1.54, 1.807) is 20.0 Å². The van der Waals surface area contributed by atoms with E-state index in [-0.39, 0.29) is 11.9 Å². The maximum atomic E-state index is 12.1. The molecule has 7 heteroatoms. The molecule has 3 heterocycles. The maximum Gasteiger partial charge on any atom is 0.325 e. The molecule has 3 amide bonds. The van der Waals surface area contributed by atoms with E-state index in [2.05, 4.69) is 20.4 Å². The molecule has 1 aromatic rings. The molecular weight excluding hydrogens is 294 g/mol. The van der Waals surface area contributed by atoms with Gasteiger partial charge in [0.05, 0.1) is 0 Å². The van der Waals surface area contributed by atoms with Crippen molar-refractivity contribution in [3.05, 3.63) is 18.0 Å². The minimum absolute atomic E-state index is 0.128. The van der Waals surface area contributed by atoms with Gasteiger partial charge in [0.1, 0.15) is 5.54 Å². The number of carbonyl (C=O) groups is 2. The van der Waals surface area contributed by atoms with Crippen LogP contribution in [0.2, 0.25) is 0 Å². The maximum absolute atomic E-state index is 12.1. The standard InChI is InChI=1S/C16H25N5O2/c1-16(2)14(22)21(15(23)18-16)10-4-9-20-8-3-5-12(11-20)13-6-7-17-19-13/h6-7,12H,3-5,8-11H2,1-2H3,(H,17,19)(H,18,23)/t12-/m1/s1. The molecule has 2 aliphatic rings. The lowest BCUT2D eigenvalue weighted by Gasteiger charge is -2.32. The number of piperidine rings is 1. The number of aromatic nitrogens is 2. The Balaban J connectivity index is 1.47. The molecule has 3 rings (SSSR count). The fraction of sp³-hybridized carbons (Fsp3) is 0.688. The molecule has 2 saturated heterocycles. The van der Waals surface area contributed by atoms with Gasteiger partial charge in [0.2, 0.25) is 0 Å². The minimum Gasteiger partial charge on any atom is -0.324 e. The van der Waals surface area contributed by atoms with Crippen LogP contribution in [0.3, 0.4) is 0 Å². The van der Waals surface area contributed by atoms with Crippen LogP contribution < -0.4 is 5.32 Å². The lowest BCUT2D eigenvalue weighted by molar-refractivity contribution is -0.130. The number of amides is 3. The van der Waals surface area contributed by atoms with Crippen molar-refractivity contribution in [3.8, 4) is 0 Å². The number of aromatic amines is 1. The van der Waals surface area contributed by atoms with E-state index in [1.807, 2.05) is 6.07 Å². The lowest BCUT2D eigenvalue weighted by Crippen LogP contribution is -2.41. The molecule has 1 atom stereocenters. The topological polar surface area (TPSA) is 81.3 Å². The van der Waals surface area contributed by atoms with Crippen molar-refractivity contribution >= 4 is 11.9 Å². The molecule has 1 aromatic heterocycles. The summed E-state index contributed by atoms with van der Waals surface area (Å²) < 4.78 is 0. The number of nitrogens with one attached hydrogen (secondary N) is 2. The number of hydrogen-bond donors (Lipinski definition) is 2. The Morgan fingerprint density at radius 3 is 2.83 bits per heavy atom. The summed E-state index contributed by atoms with van der Waals surface area (Å²) in [7, 11) is 0. The van der Waals surface area contributed by atoms with Crippen molar-refractivity contribution in [1.29, 1.82) is 0 Å². The van der Waals surface area contributed by atoms with Gasteiger partial charge in [0.25, 0.3) is 5.91 Å². The highest BCUT2D eigenvalue weighted by atomic mass is 16.2. The fourth-order valence-corrected chi connectivity index (χ4v) is 3.48. The number of carbonyl (C=O) groups excluding carboxylic acids is 2. The quantitative estimate of drug-likeness (QED) is 0.802. The average Bonchev–Trinajstić information content (AvgIpc) is 3.10. The second kappa shape index (κ2) is 6.31. The van der Waals surface area contributed by atoms with Crippen LogP contribution in [0.15, 0.2) is 12.3 Å². The van der Waals surface area contributed by atoms with Gasteiger partial charge in [0.15, 0.2) is 0 Å². The predicted octanol–water partition coefficient (Wildman–Crippen LogP) is 1.31. The zero-order valence-electron chi connectivity index (χ0n) is 13.8. The summed E-state index contributed by atoms with van der Waals surface area (Å²) in [4.78, 5) is 27.8. The van der Waals surface area contributed by atoms with Crippen LogP contribution in [-0.2, 0) is 4.79 Å². The highest BCUT2D eigenvalue weighted by molar-refractivity contribution is 6.06. The van der Waals surface area contributed by atoms with Gasteiger partial charge in [0, 0.05) is 30.9 Å². The Morgan fingerprint density at radius 1 is 1.35 bits per heavy atom. The number of nitrogens with zero attached hydrogens (tertiary/aromatic N) is 3. The zero-order chi connectivity index (χ0) is 16.4. The highest BCUT2D eigenvalue weighted by Crippen LogP contribution is 2.25. The Bertz CT molecular complexity index is 569. The zero-order valence-corrected chi connectivity index (χ0v) is 13.8. The van der Waals surface area contributed by atoms with Gasteiger partial charge < -0.3 is 10.2 Å². The Labute approximate surface area is 136 Å². The fourth-order valence-electron chi connectivity index (χ4n) is 3.48. The third-order valence-corrected chi connectivity index (χ3v) is 4.77. The average molecular weight is 319 g/mol. The van der Waals surface area contributed by atoms with Gasteiger partial charge in [-0.1, -0.05) is 0 Å². The van der Waals surface area contributed by atoms with E-state index in [1.165, 1.54) is 23.4 Å². The summed E-state index contributed by atoms with van der Waals surface area (Å²) >= 11 is 0. The van der Waals surface area contributed by atoms with Crippen LogP contribution in [0.4, 0.5) is 4.79 Å². The van der Waals surface area contributed by atoms with E-state index in [0.717, 1.165) is 26.1 Å². The van der Waals surface area contributed by atoms with Gasteiger partial charge in [-0.15, -0.1) is 0 Å². The van der Waals surface area contributed by atoms with Gasteiger partial charge in [-0.3, -0.25) is 14.8 Å². The number of hydrogen-bond acceptors (Lipinski definition) is 4. The first-order valence-corrected chi connectivity index (χ1v) is 8.33. The highest BCUT2D eigenvalue weighted by Gasteiger charge is 2.43. The molecule has 2 fully saturated rings. The summed E-state index contributed by atoms with van der Waals surface area (Å²) in [6.45, 7) is 6.96. The third-order valence-electron chi connectivity index (χ3n) is 4.77. The molecule has 0 radical (unpaired) electrons. The van der Waals surface area contributed by atoms with Gasteiger partial charge >= 0.3 is 6.03 Å². The molecule has 0 spiro atoms. The summed E-state index contributed by atoms with van der Waals surface area (Å²) in [5.41, 5.74) is 0.430. The van der Waals surface area contributed by atoms with Crippen molar-refractivity contribution in [2.45, 2.75) is 44.6 Å². The second-order valence-corrected chi connectivity index (χ2v) is 7.02. The van der Waals surface area contributed by atoms with Crippen LogP contribution in [0.1, 0.15) is 44.7 Å². The molecule has 0 aromatic carbocycles. The van der Waals surface area contributed by atoms with Crippen LogP contribution >= 0.6 is 0 Å². The number of H-pyrrole nitrogens is 1. The molecule has 0 unspecified atom stereocenters. The van der Waals surface area contributed by atoms with E-state index < -0.39 is 5.54 Å². The summed E-state index contributed by atoms with van der Waals surface area (Å²) in [6.07, 6.45) is 4.96. The molecule has 2 aliphatic heterocycles. The molecule has 23 heavy (non-hydrogen) atoms. The van der Waals surface area contributed by atoms with Crippen molar-refractivity contribution in [2.24, 2.45) is 0 Å². The molecule has 2 N–H and O–H groups in total. The monoisotopic (exact) mass is 319 g/mol. The van der Waals surface area contributed by atoms with Gasteiger partial charge in [-0.2, -0.15) is 5.10 Å². The minimum atomic E-state index is -0.770. The first-order chi connectivity index (χ1) is 11.0. The Hall–Kier alpha value is -1.89. The molecule has 0 aliphatic carbocycles. The molecule has 126 valence electrons. The van der Waals surface area contributed by atoms with Gasteiger partial charge in [-0.25, -0.2) is 4.79 Å². The summed E-state index contributed by atoms with van der Waals surface area (Å²) in [6, 6.07) is 1.78. The largest absolute Gasteiger partial charge is 0.325 e. The number of urea groups is 1. The molecule has 7 nitrogen and oxygen atoms in total. The van der Waals surface area contributed by atoms with E-state index in [4.69, 9.17) is 0 Å². The first kappa shape index (κ1) is 16.0. The Morgan fingerprint density at radius 2 is 2.17 bits per heavy atom. The first-order valence-electron chi connectivity index (χ1n) is 8.33. The number of likely N-dealkylation sites (tertiary alicyclic amines) is 1. The smallest absolute Gasteiger partial charge is 0.324 e. The third kappa shape index (κ3) is 3.39. The van der Waals surface area contributed by atoms with Crippen molar-refractivity contribution < 1.29 is 9.59 Å². The lowest BCUT2D eigenvalue weighted by atomic mass is 9.95. The van der Waals surface area contributed by atoms with Crippen molar-refractivity contribution in [3.63, 3.8) is 0 Å². The molecule has 0 bridgehead atoms. The summed E-state index contributed by atoms with van der Waals surface area (Å²) in [5, 5.41) is 9.82. The Kier molecular flexibility index (Phi) is 4.39. The molecule has 0 saturated carbocycles. The number of rotatable bonds is 5. The predicted molar refractivity (Wildman–Crippen MR) is 85.9 cm³/mol. The number of imide groups is 1. The normalized spacial score (nSPS) is 25.0. The van der Waals surface area contributed by atoms with E-state index in [0.29, 0.717) is 12.5 Å². The van der Waals surface area contributed by atoms with E-state index >= 15 is 0 Å². The SMILES string of the molecule is CC1(C)NC(=O)N(CCCN2CCC[C@@H](c3ccn[nH]3)C2)C1=O. The van der Waals surface area contributed by atoms with Crippen LogP contribution in [-0.4, -0.2) is 63.7 Å². The van der Waals surface area contributed by atoms with Crippen LogP contribution in [0, 0.1) is 0 Å². The van der Waals surface area contributed by atoms with Gasteiger partial charge in [-0.05, 0) is 52.3 Å².